The Kier molecular flexibility index (Phi) is 7.30. The van der Waals surface area contributed by atoms with E-state index in [0.717, 1.165) is 30.8 Å². The molecule has 2 rings (SSSR count). The number of anilines is 1. The van der Waals surface area contributed by atoms with Crippen molar-refractivity contribution >= 4 is 11.6 Å². The second-order valence-electron chi connectivity index (χ2n) is 5.90. The number of rotatable bonds is 9. The van der Waals surface area contributed by atoms with E-state index in [4.69, 9.17) is 4.74 Å². The highest BCUT2D eigenvalue weighted by atomic mass is 16.5. The summed E-state index contributed by atoms with van der Waals surface area (Å²) >= 11 is 0. The van der Waals surface area contributed by atoms with Crippen LogP contribution in [0.3, 0.4) is 0 Å². The van der Waals surface area contributed by atoms with Crippen molar-refractivity contribution in [3.8, 4) is 5.75 Å². The zero-order valence-corrected chi connectivity index (χ0v) is 14.5. The largest absolute Gasteiger partial charge is 0.491 e. The number of nitrogens with zero attached hydrogens (tertiary/aromatic N) is 1. The first-order valence-electron chi connectivity index (χ1n) is 8.43. The summed E-state index contributed by atoms with van der Waals surface area (Å²) in [6.07, 6.45) is 2.08. The van der Waals surface area contributed by atoms with Crippen LogP contribution in [0.5, 0.6) is 5.75 Å². The maximum atomic E-state index is 12.3. The zero-order chi connectivity index (χ0) is 17.2. The van der Waals surface area contributed by atoms with Crippen LogP contribution >= 0.6 is 0 Å². The number of para-hydroxylation sites is 2. The van der Waals surface area contributed by atoms with E-state index < -0.39 is 0 Å². The van der Waals surface area contributed by atoms with Gasteiger partial charge in [-0.1, -0.05) is 55.8 Å². The summed E-state index contributed by atoms with van der Waals surface area (Å²) in [4.78, 5) is 14.3. The van der Waals surface area contributed by atoms with Crippen LogP contribution in [-0.4, -0.2) is 31.0 Å². The summed E-state index contributed by atoms with van der Waals surface area (Å²) in [5, 5.41) is 2.95. The number of likely N-dealkylation sites (N-methyl/N-ethyl adjacent to an activating group) is 1. The Morgan fingerprint density at radius 3 is 2.54 bits per heavy atom. The first-order valence-corrected chi connectivity index (χ1v) is 8.43. The lowest BCUT2D eigenvalue weighted by Crippen LogP contribution is -2.30. The number of hydrogen-bond donors (Lipinski definition) is 1. The molecule has 0 atom stereocenters. The Morgan fingerprint density at radius 2 is 1.79 bits per heavy atom. The maximum absolute atomic E-state index is 12.3. The van der Waals surface area contributed by atoms with Gasteiger partial charge in [0, 0.05) is 6.54 Å². The second-order valence-corrected chi connectivity index (χ2v) is 5.90. The average molecular weight is 326 g/mol. The van der Waals surface area contributed by atoms with Crippen molar-refractivity contribution < 1.29 is 9.53 Å². The summed E-state index contributed by atoms with van der Waals surface area (Å²) in [6.45, 7) is 3.86. The molecule has 0 fully saturated rings. The molecule has 0 aromatic heterocycles. The molecule has 128 valence electrons. The highest BCUT2D eigenvalue weighted by molar-refractivity contribution is 5.93. The van der Waals surface area contributed by atoms with Crippen molar-refractivity contribution in [3.63, 3.8) is 0 Å². The Hall–Kier alpha value is -2.33. The number of amides is 1. The van der Waals surface area contributed by atoms with Crippen LogP contribution in [-0.2, 0) is 11.3 Å². The van der Waals surface area contributed by atoms with Crippen LogP contribution in [0.2, 0.25) is 0 Å². The molecule has 0 aliphatic carbocycles. The molecule has 0 aliphatic rings. The molecular weight excluding hydrogens is 300 g/mol. The molecule has 0 heterocycles. The molecule has 1 N–H and O–H groups in total. The summed E-state index contributed by atoms with van der Waals surface area (Å²) in [5.74, 6) is 0.685. The standard InChI is InChI=1S/C20H26N2O2/c1-3-4-14-24-19-13-9-8-12-18(19)21-20(23)16-22(2)15-17-10-6-5-7-11-17/h5-13H,3-4,14-16H2,1-2H3,(H,21,23). The van der Waals surface area contributed by atoms with Gasteiger partial charge in [0.05, 0.1) is 18.8 Å². The van der Waals surface area contributed by atoms with Crippen LogP contribution in [0.4, 0.5) is 5.69 Å². The van der Waals surface area contributed by atoms with Crippen molar-refractivity contribution in [1.29, 1.82) is 0 Å². The van der Waals surface area contributed by atoms with E-state index >= 15 is 0 Å². The minimum atomic E-state index is -0.0417. The van der Waals surface area contributed by atoms with E-state index in [1.165, 1.54) is 5.56 Å². The van der Waals surface area contributed by atoms with Gasteiger partial charge in [-0.3, -0.25) is 9.69 Å². The van der Waals surface area contributed by atoms with Crippen LogP contribution < -0.4 is 10.1 Å². The van der Waals surface area contributed by atoms with Crippen LogP contribution in [0, 0.1) is 0 Å². The van der Waals surface area contributed by atoms with Crippen LogP contribution in [0.25, 0.3) is 0 Å². The topological polar surface area (TPSA) is 41.6 Å². The van der Waals surface area contributed by atoms with Crippen LogP contribution in [0.1, 0.15) is 25.3 Å². The molecule has 0 unspecified atom stereocenters. The quantitative estimate of drug-likeness (QED) is 0.710. The molecule has 24 heavy (non-hydrogen) atoms. The van der Waals surface area contributed by atoms with Gasteiger partial charge in [0.1, 0.15) is 5.75 Å². The summed E-state index contributed by atoms with van der Waals surface area (Å²) in [7, 11) is 1.94. The third kappa shape index (κ3) is 6.05. The molecule has 4 heteroatoms. The Morgan fingerprint density at radius 1 is 1.08 bits per heavy atom. The normalized spacial score (nSPS) is 10.6. The van der Waals surface area contributed by atoms with Crippen molar-refractivity contribution in [2.24, 2.45) is 0 Å². The van der Waals surface area contributed by atoms with Gasteiger partial charge in [0.25, 0.3) is 0 Å². The van der Waals surface area contributed by atoms with E-state index in [1.807, 2.05) is 54.4 Å². The predicted molar refractivity (Wildman–Crippen MR) is 98.3 cm³/mol. The van der Waals surface area contributed by atoms with E-state index in [1.54, 1.807) is 0 Å². The minimum Gasteiger partial charge on any atom is -0.491 e. The highest BCUT2D eigenvalue weighted by Crippen LogP contribution is 2.24. The fraction of sp³-hybridized carbons (Fsp3) is 0.350. The molecule has 2 aromatic carbocycles. The molecule has 0 saturated carbocycles. The first kappa shape index (κ1) is 18.0. The SMILES string of the molecule is CCCCOc1ccccc1NC(=O)CN(C)Cc1ccccc1. The van der Waals surface area contributed by atoms with Gasteiger partial charge in [-0.2, -0.15) is 0 Å². The average Bonchev–Trinajstić information content (AvgIpc) is 2.57. The van der Waals surface area contributed by atoms with Crippen molar-refractivity contribution in [1.82, 2.24) is 4.90 Å². The number of ether oxygens (including phenoxy) is 1. The Bertz CT molecular complexity index is 629. The molecule has 0 saturated heterocycles. The molecule has 0 aliphatic heterocycles. The third-order valence-corrected chi connectivity index (χ3v) is 3.63. The number of hydrogen-bond acceptors (Lipinski definition) is 3. The Labute approximate surface area is 144 Å². The first-order chi connectivity index (χ1) is 11.7. The number of nitrogens with one attached hydrogen (secondary N) is 1. The van der Waals surface area contributed by atoms with E-state index in [9.17, 15) is 4.79 Å². The molecular formula is C20H26N2O2. The summed E-state index contributed by atoms with van der Waals surface area (Å²) in [5.41, 5.74) is 1.92. The van der Waals surface area contributed by atoms with Gasteiger partial charge in [-0.25, -0.2) is 0 Å². The van der Waals surface area contributed by atoms with Crippen molar-refractivity contribution in [2.75, 3.05) is 25.5 Å². The number of carbonyl (C=O) groups is 1. The van der Waals surface area contributed by atoms with Gasteiger partial charge in [0.2, 0.25) is 5.91 Å². The molecule has 0 bridgehead atoms. The lowest BCUT2D eigenvalue weighted by atomic mass is 10.2. The summed E-state index contributed by atoms with van der Waals surface area (Å²) < 4.78 is 5.75. The molecule has 2 aromatic rings. The van der Waals surface area contributed by atoms with E-state index in [0.29, 0.717) is 13.2 Å². The smallest absolute Gasteiger partial charge is 0.238 e. The maximum Gasteiger partial charge on any atom is 0.238 e. The van der Waals surface area contributed by atoms with E-state index in [2.05, 4.69) is 24.4 Å². The number of carbonyl (C=O) groups excluding carboxylic acids is 1. The van der Waals surface area contributed by atoms with E-state index in [-0.39, 0.29) is 5.91 Å². The van der Waals surface area contributed by atoms with Crippen LogP contribution in [0.15, 0.2) is 54.6 Å². The Balaban J connectivity index is 1.87. The number of unbranched alkanes of at least 4 members (excludes halogenated alkanes) is 1. The summed E-state index contributed by atoms with van der Waals surface area (Å²) in [6, 6.07) is 17.7. The van der Waals surface area contributed by atoms with Gasteiger partial charge >= 0.3 is 0 Å². The second kappa shape index (κ2) is 9.73. The lowest BCUT2D eigenvalue weighted by molar-refractivity contribution is -0.117. The van der Waals surface area contributed by atoms with Gasteiger partial charge in [-0.15, -0.1) is 0 Å². The molecule has 1 amide bonds. The van der Waals surface area contributed by atoms with Gasteiger partial charge in [0.15, 0.2) is 0 Å². The van der Waals surface area contributed by atoms with Crippen molar-refractivity contribution in [3.05, 3.63) is 60.2 Å². The van der Waals surface area contributed by atoms with Crippen molar-refractivity contribution in [2.45, 2.75) is 26.3 Å². The highest BCUT2D eigenvalue weighted by Gasteiger charge is 2.10. The zero-order valence-electron chi connectivity index (χ0n) is 14.5. The third-order valence-electron chi connectivity index (χ3n) is 3.63. The van der Waals surface area contributed by atoms with Gasteiger partial charge < -0.3 is 10.1 Å². The monoisotopic (exact) mass is 326 g/mol. The molecule has 0 spiro atoms. The number of benzene rings is 2. The van der Waals surface area contributed by atoms with Gasteiger partial charge in [-0.05, 0) is 31.2 Å². The minimum absolute atomic E-state index is 0.0417. The lowest BCUT2D eigenvalue weighted by Gasteiger charge is -2.17. The molecule has 4 nitrogen and oxygen atoms in total. The predicted octanol–water partition coefficient (Wildman–Crippen LogP) is 3.94. The fourth-order valence-corrected chi connectivity index (χ4v) is 2.41. The fourth-order valence-electron chi connectivity index (χ4n) is 2.41. The molecule has 0 radical (unpaired) electrons.